The number of rotatable bonds is 9. The first-order valence-electron chi connectivity index (χ1n) is 11.3. The molecule has 10 heteroatoms. The fourth-order valence-corrected chi connectivity index (χ4v) is 9.78. The van der Waals surface area contributed by atoms with E-state index < -0.39 is 28.6 Å². The van der Waals surface area contributed by atoms with Crippen LogP contribution in [0.1, 0.15) is 24.8 Å². The third-order valence-corrected chi connectivity index (χ3v) is 10.7. The maximum Gasteiger partial charge on any atom is 0.308 e. The summed E-state index contributed by atoms with van der Waals surface area (Å²) in [7, 11) is 0. The summed E-state index contributed by atoms with van der Waals surface area (Å²) in [6.45, 7) is 6.15. The Labute approximate surface area is 216 Å². The molecule has 184 valence electrons. The van der Waals surface area contributed by atoms with Crippen molar-refractivity contribution in [3.05, 3.63) is 41.4 Å². The van der Waals surface area contributed by atoms with Crippen LogP contribution < -0.4 is 4.90 Å². The highest BCUT2D eigenvalue weighted by Gasteiger charge is 2.76. The second-order valence-corrected chi connectivity index (χ2v) is 12.2. The maximum atomic E-state index is 14.3. The molecule has 7 nitrogen and oxygen atoms in total. The van der Waals surface area contributed by atoms with Gasteiger partial charge in [0, 0.05) is 29.8 Å². The molecule has 3 aliphatic rings. The predicted octanol–water partition coefficient (Wildman–Crippen LogP) is 3.49. The minimum atomic E-state index is -1.00. The maximum absolute atomic E-state index is 14.3. The number of aryl methyl sites for hydroxylation is 1. The zero-order valence-corrected chi connectivity index (χ0v) is 22.0. The van der Waals surface area contributed by atoms with Crippen LogP contribution in [-0.2, 0) is 14.4 Å². The van der Waals surface area contributed by atoms with Crippen molar-refractivity contribution in [2.45, 2.75) is 47.1 Å². The second kappa shape index (κ2) is 9.84. The summed E-state index contributed by atoms with van der Waals surface area (Å²) >= 11 is 11.6. The monoisotopic (exact) mass is 570 g/mol. The lowest BCUT2D eigenvalue weighted by atomic mass is 9.71. The molecular formula is C24H28BrClN2O5S. The van der Waals surface area contributed by atoms with E-state index >= 15 is 0 Å². The fourth-order valence-electron chi connectivity index (χ4n) is 5.86. The minimum Gasteiger partial charge on any atom is -0.481 e. The van der Waals surface area contributed by atoms with Crippen LogP contribution in [-0.4, -0.2) is 73.5 Å². The quantitative estimate of drug-likeness (QED) is 0.268. The highest BCUT2D eigenvalue weighted by molar-refractivity contribution is 9.09. The molecule has 0 aliphatic carbocycles. The van der Waals surface area contributed by atoms with Crippen LogP contribution in [0.4, 0.5) is 5.69 Å². The summed E-state index contributed by atoms with van der Waals surface area (Å²) < 4.78 is -0.843. The molecule has 2 bridgehead atoms. The zero-order chi connectivity index (χ0) is 24.8. The van der Waals surface area contributed by atoms with Crippen LogP contribution in [0.2, 0.25) is 5.02 Å². The van der Waals surface area contributed by atoms with Crippen molar-refractivity contribution in [2.24, 2.45) is 11.8 Å². The van der Waals surface area contributed by atoms with Gasteiger partial charge in [-0.25, -0.2) is 0 Å². The molecule has 0 aromatic heterocycles. The number of alkyl halides is 1. The molecule has 0 saturated carbocycles. The van der Waals surface area contributed by atoms with Crippen molar-refractivity contribution in [2.75, 3.05) is 24.6 Å². The molecule has 3 unspecified atom stereocenters. The number of benzene rings is 1. The third kappa shape index (κ3) is 3.88. The topological polar surface area (TPSA) is 98.2 Å². The van der Waals surface area contributed by atoms with Crippen LogP contribution in [0, 0.1) is 18.8 Å². The number of halogens is 2. The normalized spacial score (nSPS) is 31.6. The molecule has 3 saturated heterocycles. The Hall–Kier alpha value is -1.55. The Morgan fingerprint density at radius 1 is 1.41 bits per heavy atom. The number of aliphatic hydroxyl groups excluding tert-OH is 1. The summed E-state index contributed by atoms with van der Waals surface area (Å²) in [6, 6.07) is 4.57. The molecule has 4 rings (SSSR count). The minimum absolute atomic E-state index is 0.0192. The lowest BCUT2D eigenvalue weighted by Gasteiger charge is -2.38. The number of aliphatic hydroxyl groups is 1. The first-order chi connectivity index (χ1) is 16.2. The average molecular weight is 572 g/mol. The fraction of sp³-hybridized carbons (Fsp3) is 0.542. The number of likely N-dealkylation sites (tertiary alicyclic amines) is 1. The molecule has 1 aromatic carbocycles. The van der Waals surface area contributed by atoms with Gasteiger partial charge in [-0.05, 0) is 37.8 Å². The van der Waals surface area contributed by atoms with E-state index in [4.69, 9.17) is 11.6 Å². The second-order valence-electron chi connectivity index (χ2n) is 9.11. The Balaban J connectivity index is 1.82. The van der Waals surface area contributed by atoms with Gasteiger partial charge < -0.3 is 20.0 Å². The summed E-state index contributed by atoms with van der Waals surface area (Å²) in [4.78, 5) is 43.3. The Morgan fingerprint density at radius 3 is 2.76 bits per heavy atom. The number of amides is 2. The molecule has 1 aromatic rings. The Morgan fingerprint density at radius 2 is 2.15 bits per heavy atom. The molecule has 3 fully saturated rings. The number of fused-ring (bicyclic) bond motifs is 1. The summed E-state index contributed by atoms with van der Waals surface area (Å²) in [5, 5.41) is 19.4. The van der Waals surface area contributed by atoms with Gasteiger partial charge in [0.15, 0.2) is 0 Å². The number of para-hydroxylation sites is 1. The lowest BCUT2D eigenvalue weighted by Crippen LogP contribution is -2.55. The number of carbonyl (C=O) groups is 3. The van der Waals surface area contributed by atoms with Crippen LogP contribution in [0.15, 0.2) is 30.9 Å². The summed E-state index contributed by atoms with van der Waals surface area (Å²) in [6.07, 6.45) is 3.15. The van der Waals surface area contributed by atoms with Gasteiger partial charge in [0.1, 0.15) is 6.04 Å². The molecule has 2 N–H and O–H groups in total. The molecule has 34 heavy (non-hydrogen) atoms. The van der Waals surface area contributed by atoms with Gasteiger partial charge in [-0.3, -0.25) is 14.4 Å². The molecule has 2 amide bonds. The molecule has 1 spiro atoms. The number of carbonyl (C=O) groups excluding carboxylic acids is 2. The van der Waals surface area contributed by atoms with Crippen molar-refractivity contribution >= 4 is 62.8 Å². The van der Waals surface area contributed by atoms with Gasteiger partial charge in [0.2, 0.25) is 5.91 Å². The van der Waals surface area contributed by atoms with Gasteiger partial charge in [-0.2, -0.15) is 0 Å². The number of thioether (sulfide) groups is 1. The Kier molecular flexibility index (Phi) is 7.39. The number of aliphatic carboxylic acids is 1. The standard InChI is InChI=1S/C24H28BrClN2O5S/c1-3-9-27(18-13(2)7-6-8-15(18)26)22(31)20-24-12-14(25)19(34-24)16(23(32)33)17(24)21(30)28(20)10-4-5-11-29/h3,6-8,14,16-17,19-20,29H,1,4-5,9-12H2,2H3,(H,32,33)/t14?,16-,17+,19-,20?,24?/m1/s1. The van der Waals surface area contributed by atoms with Gasteiger partial charge in [-0.15, -0.1) is 18.3 Å². The number of carboxylic acids is 1. The van der Waals surface area contributed by atoms with E-state index in [1.54, 1.807) is 21.9 Å². The number of nitrogens with zero attached hydrogens (tertiary/aromatic N) is 2. The number of anilines is 1. The molecule has 3 aliphatic heterocycles. The van der Waals surface area contributed by atoms with Gasteiger partial charge in [-0.1, -0.05) is 45.7 Å². The largest absolute Gasteiger partial charge is 0.481 e. The summed E-state index contributed by atoms with van der Waals surface area (Å²) in [5.41, 5.74) is 1.39. The Bertz CT molecular complexity index is 1000. The molecule has 0 radical (unpaired) electrons. The van der Waals surface area contributed by atoms with Gasteiger partial charge in [0.05, 0.1) is 27.3 Å². The highest BCUT2D eigenvalue weighted by atomic mass is 79.9. The average Bonchev–Trinajstić information content (AvgIpc) is 3.36. The highest BCUT2D eigenvalue weighted by Crippen LogP contribution is 2.67. The SMILES string of the molecule is C=CCN(C(=O)C1N(CCCCO)C(=O)[C@@H]2[C@@H](C(=O)O)[C@@H]3SC12CC3Br)c1c(C)cccc1Cl. The van der Waals surface area contributed by atoms with Gasteiger partial charge >= 0.3 is 5.97 Å². The number of hydrogen-bond acceptors (Lipinski definition) is 5. The van der Waals surface area contributed by atoms with Gasteiger partial charge in [0.25, 0.3) is 5.91 Å². The first-order valence-corrected chi connectivity index (χ1v) is 13.5. The van der Waals surface area contributed by atoms with E-state index in [0.717, 1.165) is 5.56 Å². The number of unbranched alkanes of at least 4 members (excludes halogenated alkanes) is 1. The van der Waals surface area contributed by atoms with E-state index in [-0.39, 0.29) is 41.6 Å². The van der Waals surface area contributed by atoms with Crippen molar-refractivity contribution in [3.8, 4) is 0 Å². The van der Waals surface area contributed by atoms with Crippen molar-refractivity contribution in [1.29, 1.82) is 0 Å². The lowest BCUT2D eigenvalue weighted by molar-refractivity contribution is -0.148. The van der Waals surface area contributed by atoms with E-state index in [1.807, 2.05) is 19.1 Å². The van der Waals surface area contributed by atoms with E-state index in [1.165, 1.54) is 11.8 Å². The van der Waals surface area contributed by atoms with E-state index in [0.29, 0.717) is 30.0 Å². The van der Waals surface area contributed by atoms with Crippen LogP contribution in [0.25, 0.3) is 0 Å². The van der Waals surface area contributed by atoms with Crippen molar-refractivity contribution < 1.29 is 24.6 Å². The predicted molar refractivity (Wildman–Crippen MR) is 137 cm³/mol. The smallest absolute Gasteiger partial charge is 0.308 e. The molecule has 3 heterocycles. The number of hydrogen-bond donors (Lipinski definition) is 2. The first kappa shape index (κ1) is 25.5. The van der Waals surface area contributed by atoms with E-state index in [9.17, 15) is 24.6 Å². The summed E-state index contributed by atoms with van der Waals surface area (Å²) in [5.74, 6) is -3.20. The number of carboxylic acid groups (broad SMARTS) is 1. The zero-order valence-electron chi connectivity index (χ0n) is 18.8. The van der Waals surface area contributed by atoms with Crippen LogP contribution in [0.5, 0.6) is 0 Å². The van der Waals surface area contributed by atoms with E-state index in [2.05, 4.69) is 22.5 Å². The van der Waals surface area contributed by atoms with Crippen LogP contribution >= 0.6 is 39.3 Å². The molecule has 6 atom stereocenters. The van der Waals surface area contributed by atoms with Crippen LogP contribution in [0.3, 0.4) is 0 Å². The van der Waals surface area contributed by atoms with Crippen molar-refractivity contribution in [3.63, 3.8) is 0 Å². The van der Waals surface area contributed by atoms with Crippen molar-refractivity contribution in [1.82, 2.24) is 4.90 Å². The third-order valence-electron chi connectivity index (χ3n) is 7.15. The molecular weight excluding hydrogens is 544 g/mol.